The topological polar surface area (TPSA) is 97.0 Å². The van der Waals surface area contributed by atoms with Gasteiger partial charge in [-0.3, -0.25) is 14.6 Å². The van der Waals surface area contributed by atoms with Crippen LogP contribution in [0.1, 0.15) is 17.7 Å². The number of hydrogen-bond acceptors (Lipinski definition) is 5. The Morgan fingerprint density at radius 1 is 1.18 bits per heavy atom. The molecule has 7 heteroatoms. The summed E-state index contributed by atoms with van der Waals surface area (Å²) in [6.07, 6.45) is 4.89. The number of amides is 1. The Bertz CT molecular complexity index is 1020. The van der Waals surface area contributed by atoms with Crippen molar-refractivity contribution in [1.82, 2.24) is 20.3 Å². The molecule has 7 nitrogen and oxygen atoms in total. The van der Waals surface area contributed by atoms with Crippen molar-refractivity contribution >= 4 is 16.9 Å². The van der Waals surface area contributed by atoms with Crippen molar-refractivity contribution in [1.29, 1.82) is 0 Å². The summed E-state index contributed by atoms with van der Waals surface area (Å²) in [4.78, 5) is 35.8. The summed E-state index contributed by atoms with van der Waals surface area (Å²) in [6.45, 7) is 1.13. The number of aromatic amines is 1. The third-order valence-corrected chi connectivity index (χ3v) is 5.05. The number of para-hydroxylation sites is 2. The molecule has 2 N–H and O–H groups in total. The SMILES string of the molecule is O=C(CCc1nc2ccccc2[nH]c1=O)N[C@H]1COC[C@H]1Cc1ccncc1. The van der Waals surface area contributed by atoms with Crippen molar-refractivity contribution < 1.29 is 9.53 Å². The summed E-state index contributed by atoms with van der Waals surface area (Å²) < 4.78 is 5.58. The zero-order chi connectivity index (χ0) is 19.3. The van der Waals surface area contributed by atoms with Crippen LogP contribution in [0.15, 0.2) is 53.6 Å². The van der Waals surface area contributed by atoms with Crippen molar-refractivity contribution in [2.75, 3.05) is 13.2 Å². The van der Waals surface area contributed by atoms with E-state index in [1.165, 1.54) is 5.56 Å². The Balaban J connectivity index is 1.35. The number of fused-ring (bicyclic) bond motifs is 1. The fraction of sp³-hybridized carbons (Fsp3) is 0.333. The summed E-state index contributed by atoms with van der Waals surface area (Å²) in [6, 6.07) is 11.3. The lowest BCUT2D eigenvalue weighted by molar-refractivity contribution is -0.122. The zero-order valence-corrected chi connectivity index (χ0v) is 15.4. The summed E-state index contributed by atoms with van der Waals surface area (Å²) in [7, 11) is 0. The van der Waals surface area contributed by atoms with Crippen LogP contribution in [0.2, 0.25) is 0 Å². The molecule has 1 aliphatic rings. The Labute approximate surface area is 162 Å². The largest absolute Gasteiger partial charge is 0.379 e. The average molecular weight is 378 g/mol. The van der Waals surface area contributed by atoms with E-state index in [9.17, 15) is 9.59 Å². The molecule has 1 aliphatic heterocycles. The first-order valence-electron chi connectivity index (χ1n) is 9.43. The van der Waals surface area contributed by atoms with Crippen LogP contribution in [0.5, 0.6) is 0 Å². The number of rotatable bonds is 6. The smallest absolute Gasteiger partial charge is 0.270 e. The molecule has 0 radical (unpaired) electrons. The van der Waals surface area contributed by atoms with Crippen LogP contribution in [-0.2, 0) is 22.4 Å². The number of carbonyl (C=O) groups is 1. The van der Waals surface area contributed by atoms with E-state index in [-0.39, 0.29) is 29.8 Å². The number of H-pyrrole nitrogens is 1. The molecule has 0 bridgehead atoms. The first-order valence-corrected chi connectivity index (χ1v) is 9.43. The number of pyridine rings is 1. The quantitative estimate of drug-likeness (QED) is 0.679. The van der Waals surface area contributed by atoms with Gasteiger partial charge < -0.3 is 15.0 Å². The summed E-state index contributed by atoms with van der Waals surface area (Å²) in [5.74, 6) is 0.137. The van der Waals surface area contributed by atoms with Gasteiger partial charge in [-0.05, 0) is 36.2 Å². The van der Waals surface area contributed by atoms with Crippen LogP contribution in [0.4, 0.5) is 0 Å². The molecule has 0 saturated carbocycles. The van der Waals surface area contributed by atoms with E-state index in [1.54, 1.807) is 12.4 Å². The predicted octanol–water partition coefficient (Wildman–Crippen LogP) is 1.62. The maximum atomic E-state index is 12.4. The third-order valence-electron chi connectivity index (χ3n) is 5.05. The normalized spacial score (nSPS) is 19.0. The molecule has 28 heavy (non-hydrogen) atoms. The van der Waals surface area contributed by atoms with Crippen LogP contribution < -0.4 is 10.9 Å². The van der Waals surface area contributed by atoms with Gasteiger partial charge in [0, 0.05) is 31.2 Å². The Morgan fingerprint density at radius 2 is 2.00 bits per heavy atom. The average Bonchev–Trinajstić information content (AvgIpc) is 3.13. The Morgan fingerprint density at radius 3 is 2.86 bits per heavy atom. The van der Waals surface area contributed by atoms with Gasteiger partial charge in [0.2, 0.25) is 5.91 Å². The van der Waals surface area contributed by atoms with Crippen molar-refractivity contribution in [3.63, 3.8) is 0 Å². The van der Waals surface area contributed by atoms with Gasteiger partial charge in [0.1, 0.15) is 5.69 Å². The molecule has 3 aromatic rings. The lowest BCUT2D eigenvalue weighted by atomic mass is 9.95. The van der Waals surface area contributed by atoms with Gasteiger partial charge in [-0.15, -0.1) is 0 Å². The molecule has 1 amide bonds. The van der Waals surface area contributed by atoms with Crippen molar-refractivity contribution in [2.24, 2.45) is 5.92 Å². The second-order valence-electron chi connectivity index (χ2n) is 7.06. The highest BCUT2D eigenvalue weighted by atomic mass is 16.5. The number of hydrogen-bond donors (Lipinski definition) is 2. The van der Waals surface area contributed by atoms with Gasteiger partial charge >= 0.3 is 0 Å². The number of nitrogens with zero attached hydrogens (tertiary/aromatic N) is 2. The molecule has 3 heterocycles. The van der Waals surface area contributed by atoms with Gasteiger partial charge in [-0.1, -0.05) is 12.1 Å². The lowest BCUT2D eigenvalue weighted by Crippen LogP contribution is -2.40. The molecule has 0 spiro atoms. The third kappa shape index (κ3) is 4.26. The van der Waals surface area contributed by atoms with E-state index in [0.717, 1.165) is 11.9 Å². The van der Waals surface area contributed by atoms with E-state index in [4.69, 9.17) is 4.74 Å². The minimum atomic E-state index is -0.244. The lowest BCUT2D eigenvalue weighted by Gasteiger charge is -2.19. The number of nitrogens with one attached hydrogen (secondary N) is 2. The fourth-order valence-electron chi connectivity index (χ4n) is 3.53. The van der Waals surface area contributed by atoms with Gasteiger partial charge in [0.05, 0.1) is 30.3 Å². The van der Waals surface area contributed by atoms with E-state index < -0.39 is 0 Å². The first kappa shape index (κ1) is 18.3. The molecule has 1 fully saturated rings. The molecule has 0 unspecified atom stereocenters. The minimum Gasteiger partial charge on any atom is -0.379 e. The van der Waals surface area contributed by atoms with E-state index in [1.807, 2.05) is 36.4 Å². The number of aromatic nitrogens is 3. The van der Waals surface area contributed by atoms with Gasteiger partial charge in [-0.2, -0.15) is 0 Å². The molecule has 2 atom stereocenters. The summed E-state index contributed by atoms with van der Waals surface area (Å²) in [5.41, 5.74) is 2.73. The van der Waals surface area contributed by atoms with Crippen LogP contribution in [0, 0.1) is 5.92 Å². The standard InChI is InChI=1S/C21H22N4O3/c26-20(6-5-18-21(27)25-17-4-2-1-3-16(17)23-18)24-19-13-28-12-15(19)11-14-7-9-22-10-8-14/h1-4,7-10,15,19H,5-6,11-13H2,(H,24,26)(H,25,27)/t15-,19+/m1/s1. The van der Waals surface area contributed by atoms with Crippen LogP contribution >= 0.6 is 0 Å². The minimum absolute atomic E-state index is 0.0245. The molecule has 1 aromatic carbocycles. The highest BCUT2D eigenvalue weighted by Crippen LogP contribution is 2.19. The van der Waals surface area contributed by atoms with Gasteiger partial charge in [-0.25, -0.2) is 4.98 Å². The molecular formula is C21H22N4O3. The van der Waals surface area contributed by atoms with Crippen LogP contribution in [0.3, 0.4) is 0 Å². The number of ether oxygens (including phenoxy) is 1. The monoisotopic (exact) mass is 378 g/mol. The fourth-order valence-corrected chi connectivity index (χ4v) is 3.53. The van der Waals surface area contributed by atoms with Crippen molar-refractivity contribution in [3.8, 4) is 0 Å². The number of carbonyl (C=O) groups excluding carboxylic acids is 1. The zero-order valence-electron chi connectivity index (χ0n) is 15.4. The van der Waals surface area contributed by atoms with E-state index >= 15 is 0 Å². The number of benzene rings is 1. The highest BCUT2D eigenvalue weighted by Gasteiger charge is 2.29. The Hall–Kier alpha value is -3.06. The van der Waals surface area contributed by atoms with E-state index in [2.05, 4.69) is 20.3 Å². The second kappa shape index (κ2) is 8.31. The van der Waals surface area contributed by atoms with Crippen LogP contribution in [0.25, 0.3) is 11.0 Å². The summed E-state index contributed by atoms with van der Waals surface area (Å²) in [5, 5.41) is 3.06. The van der Waals surface area contributed by atoms with Gasteiger partial charge in [0.15, 0.2) is 0 Å². The number of aryl methyl sites for hydroxylation is 1. The summed E-state index contributed by atoms with van der Waals surface area (Å²) >= 11 is 0. The maximum absolute atomic E-state index is 12.4. The maximum Gasteiger partial charge on any atom is 0.270 e. The van der Waals surface area contributed by atoms with Gasteiger partial charge in [0.25, 0.3) is 5.56 Å². The first-order chi connectivity index (χ1) is 13.7. The van der Waals surface area contributed by atoms with Crippen LogP contribution in [-0.4, -0.2) is 40.1 Å². The molecule has 1 saturated heterocycles. The highest BCUT2D eigenvalue weighted by molar-refractivity contribution is 5.77. The van der Waals surface area contributed by atoms with Crippen molar-refractivity contribution in [3.05, 3.63) is 70.4 Å². The molecule has 2 aromatic heterocycles. The molecular weight excluding hydrogens is 356 g/mol. The molecule has 4 rings (SSSR count). The Kier molecular flexibility index (Phi) is 5.43. The van der Waals surface area contributed by atoms with Crippen molar-refractivity contribution in [2.45, 2.75) is 25.3 Å². The molecule has 144 valence electrons. The van der Waals surface area contributed by atoms with E-state index in [0.29, 0.717) is 30.8 Å². The predicted molar refractivity (Wildman–Crippen MR) is 105 cm³/mol. The molecule has 0 aliphatic carbocycles. The second-order valence-corrected chi connectivity index (χ2v) is 7.06.